The molecular formula is C16H14O6S. The normalized spacial score (nSPS) is 16.3. The van der Waals surface area contributed by atoms with Crippen LogP contribution in [0, 0.1) is 0 Å². The fraction of sp³-hybridized carbons (Fsp3) is 0.125. The predicted molar refractivity (Wildman–Crippen MR) is 85.1 cm³/mol. The molecule has 0 aromatic heterocycles. The molecule has 1 aliphatic heterocycles. The minimum Gasteiger partial charge on any atom is -0.497 e. The van der Waals surface area contributed by atoms with Crippen LogP contribution in [0.4, 0.5) is 0 Å². The fourth-order valence-electron chi connectivity index (χ4n) is 2.12. The van der Waals surface area contributed by atoms with E-state index in [9.17, 15) is 8.42 Å². The summed E-state index contributed by atoms with van der Waals surface area (Å²) in [6.45, 7) is 0. The first-order chi connectivity index (χ1) is 11.0. The van der Waals surface area contributed by atoms with E-state index in [2.05, 4.69) is 0 Å². The average molecular weight is 334 g/mol. The highest BCUT2D eigenvalue weighted by Crippen LogP contribution is 2.33. The third-order valence-electron chi connectivity index (χ3n) is 3.27. The molecule has 23 heavy (non-hydrogen) atoms. The number of fused-ring (bicyclic) bond motifs is 2. The maximum Gasteiger partial charge on any atom is 0.501 e. The van der Waals surface area contributed by atoms with E-state index >= 15 is 0 Å². The van der Waals surface area contributed by atoms with Gasteiger partial charge >= 0.3 is 10.4 Å². The van der Waals surface area contributed by atoms with Crippen molar-refractivity contribution in [2.45, 2.75) is 0 Å². The van der Waals surface area contributed by atoms with E-state index in [1.807, 2.05) is 0 Å². The molecule has 0 N–H and O–H groups in total. The van der Waals surface area contributed by atoms with Gasteiger partial charge in [-0.15, -0.1) is 8.42 Å². The maximum atomic E-state index is 12.1. The van der Waals surface area contributed by atoms with E-state index < -0.39 is 10.4 Å². The molecule has 0 aliphatic carbocycles. The molecule has 3 rings (SSSR count). The second-order valence-electron chi connectivity index (χ2n) is 4.72. The number of rotatable bonds is 2. The van der Waals surface area contributed by atoms with Gasteiger partial charge in [0, 0.05) is 23.3 Å². The molecule has 0 amide bonds. The fourth-order valence-corrected chi connectivity index (χ4v) is 2.88. The van der Waals surface area contributed by atoms with Crippen LogP contribution < -0.4 is 17.8 Å². The molecule has 2 aromatic carbocycles. The lowest BCUT2D eigenvalue weighted by molar-refractivity contribution is 0.383. The first kappa shape index (κ1) is 15.2. The summed E-state index contributed by atoms with van der Waals surface area (Å²) in [6, 6.07) is 9.80. The van der Waals surface area contributed by atoms with Crippen LogP contribution in [0.15, 0.2) is 36.4 Å². The minimum absolute atomic E-state index is 0.125. The van der Waals surface area contributed by atoms with Crippen LogP contribution in [0.2, 0.25) is 0 Å². The lowest BCUT2D eigenvalue weighted by atomic mass is 10.1. The van der Waals surface area contributed by atoms with Gasteiger partial charge in [0.15, 0.2) is 11.5 Å². The molecule has 0 unspecified atom stereocenters. The van der Waals surface area contributed by atoms with Crippen LogP contribution >= 0.6 is 0 Å². The van der Waals surface area contributed by atoms with E-state index in [1.165, 1.54) is 26.4 Å². The van der Waals surface area contributed by atoms with Gasteiger partial charge in [-0.05, 0) is 24.3 Å². The summed E-state index contributed by atoms with van der Waals surface area (Å²) >= 11 is 0. The van der Waals surface area contributed by atoms with Crippen molar-refractivity contribution in [3.05, 3.63) is 47.5 Å². The van der Waals surface area contributed by atoms with Crippen molar-refractivity contribution in [1.29, 1.82) is 0 Å². The molecule has 0 spiro atoms. The van der Waals surface area contributed by atoms with Crippen molar-refractivity contribution in [1.82, 2.24) is 0 Å². The van der Waals surface area contributed by atoms with Gasteiger partial charge in [-0.2, -0.15) is 0 Å². The van der Waals surface area contributed by atoms with E-state index in [4.69, 9.17) is 17.8 Å². The molecule has 0 fully saturated rings. The Labute approximate surface area is 134 Å². The van der Waals surface area contributed by atoms with Gasteiger partial charge in [-0.3, -0.25) is 0 Å². The van der Waals surface area contributed by atoms with Crippen molar-refractivity contribution in [2.75, 3.05) is 14.2 Å². The van der Waals surface area contributed by atoms with Crippen LogP contribution in [-0.4, -0.2) is 22.6 Å². The Kier molecular flexibility index (Phi) is 3.87. The van der Waals surface area contributed by atoms with E-state index in [0.717, 1.165) is 0 Å². The molecule has 2 aromatic rings. The van der Waals surface area contributed by atoms with Gasteiger partial charge in [0.25, 0.3) is 0 Å². The van der Waals surface area contributed by atoms with E-state index in [1.54, 1.807) is 36.4 Å². The van der Waals surface area contributed by atoms with Crippen LogP contribution in [0.1, 0.15) is 11.1 Å². The number of hydrogen-bond donors (Lipinski definition) is 0. The first-order valence-electron chi connectivity index (χ1n) is 6.69. The Hall–Kier alpha value is -2.67. The van der Waals surface area contributed by atoms with Gasteiger partial charge in [0.1, 0.15) is 11.5 Å². The zero-order chi connectivity index (χ0) is 16.4. The SMILES string of the molecule is COc1ccc2c(c1)OS(=O)(=O)Oc1cc(OC)ccc1/C=C\2. The Morgan fingerprint density at radius 3 is 1.61 bits per heavy atom. The summed E-state index contributed by atoms with van der Waals surface area (Å²) in [6.07, 6.45) is 3.48. The zero-order valence-electron chi connectivity index (χ0n) is 12.5. The lowest BCUT2D eigenvalue weighted by Gasteiger charge is -2.11. The maximum absolute atomic E-state index is 12.1. The third-order valence-corrected chi connectivity index (χ3v) is 4.03. The minimum atomic E-state index is -4.29. The molecular weight excluding hydrogens is 320 g/mol. The molecule has 6 nitrogen and oxygen atoms in total. The van der Waals surface area contributed by atoms with E-state index in [-0.39, 0.29) is 11.5 Å². The average Bonchev–Trinajstić information content (AvgIpc) is 2.58. The highest BCUT2D eigenvalue weighted by atomic mass is 32.3. The number of ether oxygens (including phenoxy) is 2. The third kappa shape index (κ3) is 3.24. The van der Waals surface area contributed by atoms with Crippen LogP contribution in [0.5, 0.6) is 23.0 Å². The van der Waals surface area contributed by atoms with Gasteiger partial charge in [-0.1, -0.05) is 12.2 Å². The number of methoxy groups -OCH3 is 2. The highest BCUT2D eigenvalue weighted by Gasteiger charge is 2.21. The molecule has 0 radical (unpaired) electrons. The summed E-state index contributed by atoms with van der Waals surface area (Å²) < 4.78 is 44.6. The molecule has 1 aliphatic rings. The van der Waals surface area contributed by atoms with Crippen molar-refractivity contribution >= 4 is 22.6 Å². The Balaban J connectivity index is 2.14. The van der Waals surface area contributed by atoms with Crippen LogP contribution in [0.3, 0.4) is 0 Å². The molecule has 0 saturated carbocycles. The standard InChI is InChI=1S/C16H14O6S/c1-19-13-7-5-11-3-4-12-6-8-14(20-2)10-16(12)22-23(17,18)21-15(11)9-13/h3-10H,1-2H3/b4-3-. The van der Waals surface area contributed by atoms with Crippen LogP contribution in [-0.2, 0) is 10.4 Å². The Morgan fingerprint density at radius 2 is 1.22 bits per heavy atom. The topological polar surface area (TPSA) is 71.1 Å². The molecule has 0 bridgehead atoms. The summed E-state index contributed by atoms with van der Waals surface area (Å²) in [7, 11) is -1.32. The predicted octanol–water partition coefficient (Wildman–Crippen LogP) is 2.89. The summed E-state index contributed by atoms with van der Waals surface area (Å²) in [4.78, 5) is 0. The first-order valence-corrected chi connectivity index (χ1v) is 8.02. The molecule has 0 atom stereocenters. The Morgan fingerprint density at radius 1 is 0.783 bits per heavy atom. The molecule has 1 heterocycles. The number of hydrogen-bond acceptors (Lipinski definition) is 6. The van der Waals surface area contributed by atoms with Gasteiger partial charge in [-0.25, -0.2) is 0 Å². The summed E-state index contributed by atoms with van der Waals surface area (Å²) in [5.41, 5.74) is 1.17. The highest BCUT2D eigenvalue weighted by molar-refractivity contribution is 7.82. The summed E-state index contributed by atoms with van der Waals surface area (Å²) in [5.74, 6) is 1.21. The lowest BCUT2D eigenvalue weighted by Crippen LogP contribution is -2.17. The van der Waals surface area contributed by atoms with Gasteiger partial charge in [0.05, 0.1) is 14.2 Å². The second-order valence-corrected chi connectivity index (χ2v) is 5.87. The Bertz CT molecular complexity index is 805. The quantitative estimate of drug-likeness (QED) is 0.841. The monoisotopic (exact) mass is 334 g/mol. The number of benzene rings is 2. The molecule has 120 valence electrons. The van der Waals surface area contributed by atoms with Gasteiger partial charge < -0.3 is 17.8 Å². The smallest absolute Gasteiger partial charge is 0.497 e. The molecule has 7 heteroatoms. The second kappa shape index (κ2) is 5.85. The zero-order valence-corrected chi connectivity index (χ0v) is 13.3. The van der Waals surface area contributed by atoms with Gasteiger partial charge in [0.2, 0.25) is 0 Å². The summed E-state index contributed by atoms with van der Waals surface area (Å²) in [5, 5.41) is 0. The van der Waals surface area contributed by atoms with Crippen molar-refractivity contribution in [3.63, 3.8) is 0 Å². The van der Waals surface area contributed by atoms with Crippen LogP contribution in [0.25, 0.3) is 12.2 Å². The van der Waals surface area contributed by atoms with Crippen molar-refractivity contribution in [3.8, 4) is 23.0 Å². The largest absolute Gasteiger partial charge is 0.501 e. The molecule has 0 saturated heterocycles. The van der Waals surface area contributed by atoms with Crippen molar-refractivity contribution in [2.24, 2.45) is 0 Å². The van der Waals surface area contributed by atoms with Crippen molar-refractivity contribution < 1.29 is 26.3 Å². The van der Waals surface area contributed by atoms with E-state index in [0.29, 0.717) is 22.6 Å².